The summed E-state index contributed by atoms with van der Waals surface area (Å²) in [6, 6.07) is 4.36. The molecule has 0 amide bonds. The summed E-state index contributed by atoms with van der Waals surface area (Å²) in [6.07, 6.45) is 3.28. The molecule has 1 aliphatic rings. The van der Waals surface area contributed by atoms with Crippen LogP contribution in [-0.2, 0) is 6.42 Å². The van der Waals surface area contributed by atoms with E-state index in [2.05, 4.69) is 39.4 Å². The van der Waals surface area contributed by atoms with Gasteiger partial charge in [0.2, 0.25) is 10.8 Å². The van der Waals surface area contributed by atoms with Gasteiger partial charge in [-0.05, 0) is 36.8 Å². The molecule has 1 aliphatic heterocycles. The van der Waals surface area contributed by atoms with Gasteiger partial charge in [-0.15, -0.1) is 16.4 Å². The molecule has 0 radical (unpaired) electrons. The largest absolute Gasteiger partial charge is 0.492 e. The second-order valence-corrected chi connectivity index (χ2v) is 8.51. The molecule has 4 rings (SSSR count). The fourth-order valence-electron chi connectivity index (χ4n) is 3.50. The topological polar surface area (TPSA) is 53.7 Å². The number of thiophene rings is 1. The first kappa shape index (κ1) is 16.1. The number of aromatic nitrogens is 3. The summed E-state index contributed by atoms with van der Waals surface area (Å²) in [5.74, 6) is 1.72. The lowest BCUT2D eigenvalue weighted by molar-refractivity contribution is 0.150. The summed E-state index contributed by atoms with van der Waals surface area (Å²) in [5, 5.41) is 17.3. The zero-order valence-electron chi connectivity index (χ0n) is 14.0. The molecule has 0 aromatic carbocycles. The van der Waals surface area contributed by atoms with Crippen molar-refractivity contribution in [2.75, 3.05) is 13.1 Å². The molecule has 1 saturated heterocycles. The van der Waals surface area contributed by atoms with Crippen molar-refractivity contribution in [2.45, 2.75) is 39.2 Å². The van der Waals surface area contributed by atoms with Crippen molar-refractivity contribution in [2.24, 2.45) is 5.92 Å². The molecule has 1 fully saturated rings. The van der Waals surface area contributed by atoms with Crippen molar-refractivity contribution in [3.8, 4) is 5.88 Å². The second-order valence-electron chi connectivity index (χ2n) is 6.53. The average Bonchev–Trinajstić information content (AvgIpc) is 3.28. The molecule has 3 aromatic heterocycles. The Morgan fingerprint density at radius 2 is 2.33 bits per heavy atom. The quantitative estimate of drug-likeness (QED) is 0.764. The minimum Gasteiger partial charge on any atom is -0.492 e. The Kier molecular flexibility index (Phi) is 4.32. The van der Waals surface area contributed by atoms with E-state index < -0.39 is 0 Å². The number of nitrogens with zero attached hydrogens (tertiary/aromatic N) is 4. The molecule has 0 bridgehead atoms. The first-order valence-electron chi connectivity index (χ1n) is 8.52. The summed E-state index contributed by atoms with van der Waals surface area (Å²) >= 11 is 3.32. The number of fused-ring (bicyclic) bond motifs is 1. The highest BCUT2D eigenvalue weighted by Crippen LogP contribution is 2.42. The predicted molar refractivity (Wildman–Crippen MR) is 98.0 cm³/mol. The fourth-order valence-corrected chi connectivity index (χ4v) is 5.57. The van der Waals surface area contributed by atoms with E-state index in [4.69, 9.17) is 0 Å². The Bertz CT molecular complexity index is 823. The van der Waals surface area contributed by atoms with Gasteiger partial charge in [0.25, 0.3) is 0 Å². The SMILES string of the molecule is CCc1nc2sc([C@@H](c3cccs3)N3CCC[C@H](C)C3)c(O)n2n1. The summed E-state index contributed by atoms with van der Waals surface area (Å²) in [6.45, 7) is 6.48. The van der Waals surface area contributed by atoms with Gasteiger partial charge in [0, 0.05) is 17.8 Å². The highest BCUT2D eigenvalue weighted by Gasteiger charge is 2.32. The maximum atomic E-state index is 10.8. The van der Waals surface area contributed by atoms with Crippen LogP contribution in [0.5, 0.6) is 5.88 Å². The lowest BCUT2D eigenvalue weighted by Crippen LogP contribution is -2.37. The van der Waals surface area contributed by atoms with Crippen LogP contribution >= 0.6 is 22.7 Å². The lowest BCUT2D eigenvalue weighted by atomic mass is 9.98. The van der Waals surface area contributed by atoms with Crippen molar-refractivity contribution >= 4 is 27.6 Å². The number of thiazole rings is 1. The molecular formula is C17H22N4OS2. The third-order valence-corrected chi connectivity index (χ3v) is 6.67. The number of aryl methyl sites for hydroxylation is 1. The van der Waals surface area contributed by atoms with Crippen molar-refractivity contribution in [3.63, 3.8) is 0 Å². The molecule has 0 aliphatic carbocycles. The van der Waals surface area contributed by atoms with Crippen LogP contribution < -0.4 is 0 Å². The van der Waals surface area contributed by atoms with Crippen molar-refractivity contribution in [3.05, 3.63) is 33.1 Å². The summed E-state index contributed by atoms with van der Waals surface area (Å²) in [7, 11) is 0. The first-order chi connectivity index (χ1) is 11.7. The van der Waals surface area contributed by atoms with E-state index in [0.29, 0.717) is 5.92 Å². The molecule has 0 spiro atoms. The zero-order valence-corrected chi connectivity index (χ0v) is 15.6. The smallest absolute Gasteiger partial charge is 0.230 e. The monoisotopic (exact) mass is 362 g/mol. The van der Waals surface area contributed by atoms with E-state index in [1.165, 1.54) is 17.7 Å². The molecule has 7 heteroatoms. The number of hydrogen-bond donors (Lipinski definition) is 1. The van der Waals surface area contributed by atoms with Gasteiger partial charge < -0.3 is 5.11 Å². The third kappa shape index (κ3) is 2.74. The third-order valence-electron chi connectivity index (χ3n) is 4.67. The predicted octanol–water partition coefficient (Wildman–Crippen LogP) is 3.94. The van der Waals surface area contributed by atoms with Gasteiger partial charge in [0.1, 0.15) is 0 Å². The van der Waals surface area contributed by atoms with Crippen molar-refractivity contribution < 1.29 is 5.11 Å². The number of hydrogen-bond acceptors (Lipinski definition) is 6. The van der Waals surface area contributed by atoms with Gasteiger partial charge >= 0.3 is 0 Å². The van der Waals surface area contributed by atoms with Gasteiger partial charge in [-0.1, -0.05) is 31.3 Å². The molecule has 128 valence electrons. The van der Waals surface area contributed by atoms with Gasteiger partial charge in [-0.2, -0.15) is 4.52 Å². The lowest BCUT2D eigenvalue weighted by Gasteiger charge is -2.36. The van der Waals surface area contributed by atoms with E-state index in [0.717, 1.165) is 35.2 Å². The van der Waals surface area contributed by atoms with Crippen LogP contribution in [0.25, 0.3) is 4.96 Å². The van der Waals surface area contributed by atoms with Crippen LogP contribution in [-0.4, -0.2) is 37.7 Å². The molecular weight excluding hydrogens is 340 g/mol. The number of aromatic hydroxyl groups is 1. The Morgan fingerprint density at radius 3 is 3.00 bits per heavy atom. The van der Waals surface area contributed by atoms with Crippen molar-refractivity contribution in [1.29, 1.82) is 0 Å². The summed E-state index contributed by atoms with van der Waals surface area (Å²) in [5.41, 5.74) is 0. The van der Waals surface area contributed by atoms with Crippen molar-refractivity contribution in [1.82, 2.24) is 19.5 Å². The van der Waals surface area contributed by atoms with Crippen LogP contribution in [0.1, 0.15) is 48.3 Å². The van der Waals surface area contributed by atoms with E-state index in [-0.39, 0.29) is 11.9 Å². The van der Waals surface area contributed by atoms with Gasteiger partial charge in [0.05, 0.1) is 10.9 Å². The fraction of sp³-hybridized carbons (Fsp3) is 0.529. The minimum atomic E-state index is 0.103. The van der Waals surface area contributed by atoms with Gasteiger partial charge in [-0.3, -0.25) is 4.90 Å². The molecule has 3 aromatic rings. The van der Waals surface area contributed by atoms with Gasteiger partial charge in [0.15, 0.2) is 5.82 Å². The van der Waals surface area contributed by atoms with Crippen LogP contribution in [0.4, 0.5) is 0 Å². The molecule has 5 nitrogen and oxygen atoms in total. The Morgan fingerprint density at radius 1 is 1.46 bits per heavy atom. The normalized spacial score (nSPS) is 20.7. The molecule has 24 heavy (non-hydrogen) atoms. The first-order valence-corrected chi connectivity index (χ1v) is 10.2. The Balaban J connectivity index is 1.78. The Hall–Kier alpha value is -1.44. The molecule has 0 saturated carbocycles. The van der Waals surface area contributed by atoms with Crippen LogP contribution in [0.2, 0.25) is 0 Å². The molecule has 2 atom stereocenters. The van der Waals surface area contributed by atoms with Crippen LogP contribution in [0.3, 0.4) is 0 Å². The van der Waals surface area contributed by atoms with Crippen LogP contribution in [0, 0.1) is 5.92 Å². The minimum absolute atomic E-state index is 0.103. The maximum absolute atomic E-state index is 10.8. The van der Waals surface area contributed by atoms with E-state index in [1.54, 1.807) is 27.2 Å². The number of piperidine rings is 1. The van der Waals surface area contributed by atoms with E-state index in [1.807, 2.05) is 6.92 Å². The highest BCUT2D eigenvalue weighted by atomic mass is 32.1. The highest BCUT2D eigenvalue weighted by molar-refractivity contribution is 7.17. The summed E-state index contributed by atoms with van der Waals surface area (Å²) < 4.78 is 1.60. The Labute approximate surface area is 149 Å². The molecule has 4 heterocycles. The van der Waals surface area contributed by atoms with E-state index in [9.17, 15) is 5.11 Å². The number of likely N-dealkylation sites (tertiary alicyclic amines) is 1. The standard InChI is InChI=1S/C17H22N4OS2/c1-3-13-18-17-21(19-13)16(22)15(24-17)14(12-7-5-9-23-12)20-8-4-6-11(2)10-20/h5,7,9,11,14,22H,3-4,6,8,10H2,1-2H3/t11-,14+/m0/s1. The van der Waals surface area contributed by atoms with Gasteiger partial charge in [-0.25, -0.2) is 4.98 Å². The maximum Gasteiger partial charge on any atom is 0.230 e. The second kappa shape index (κ2) is 6.46. The van der Waals surface area contributed by atoms with Crippen LogP contribution in [0.15, 0.2) is 17.5 Å². The average molecular weight is 363 g/mol. The zero-order chi connectivity index (χ0) is 16.7. The van der Waals surface area contributed by atoms with E-state index >= 15 is 0 Å². The summed E-state index contributed by atoms with van der Waals surface area (Å²) in [4.78, 5) is 10.1. The molecule has 0 unspecified atom stereocenters. The number of rotatable bonds is 4. The molecule has 1 N–H and O–H groups in total.